The zero-order valence-corrected chi connectivity index (χ0v) is 25.6. The number of benzene rings is 3. The normalized spacial score (nSPS) is 14.6. The van der Waals surface area contributed by atoms with Crippen LogP contribution in [0.5, 0.6) is 5.75 Å². The molecule has 0 aromatic heterocycles. The van der Waals surface area contributed by atoms with Crippen molar-refractivity contribution in [1.29, 1.82) is 0 Å². The quantitative estimate of drug-likeness (QED) is 0.271. The molecule has 1 N–H and O–H groups in total. The van der Waals surface area contributed by atoms with Gasteiger partial charge in [0.2, 0.25) is 15.9 Å². The van der Waals surface area contributed by atoms with Crippen LogP contribution in [0.15, 0.2) is 83.8 Å². The number of ether oxygens (including phenoxy) is 3. The van der Waals surface area contributed by atoms with E-state index >= 15 is 0 Å². The number of hydrogen-bond acceptors (Lipinski definition) is 7. The van der Waals surface area contributed by atoms with E-state index in [1.165, 1.54) is 33.5 Å². The van der Waals surface area contributed by atoms with Crippen molar-refractivity contribution >= 4 is 33.4 Å². The number of nitrogens with zero attached hydrogens (tertiary/aromatic N) is 2. The van der Waals surface area contributed by atoms with E-state index in [1.54, 1.807) is 43.5 Å². The van der Waals surface area contributed by atoms with Crippen molar-refractivity contribution in [3.63, 3.8) is 0 Å². The van der Waals surface area contributed by atoms with Gasteiger partial charge in [-0.3, -0.25) is 9.59 Å². The summed E-state index contributed by atoms with van der Waals surface area (Å²) < 4.78 is 43.4. The summed E-state index contributed by atoms with van der Waals surface area (Å²) in [7, 11) is -2.07. The van der Waals surface area contributed by atoms with Crippen molar-refractivity contribution in [2.75, 3.05) is 53.2 Å². The third-order valence-corrected chi connectivity index (χ3v) is 9.05. The molecule has 4 rings (SSSR count). The second-order valence-electron chi connectivity index (χ2n) is 9.88. The number of methoxy groups -OCH3 is 1. The smallest absolute Gasteiger partial charge is 0.261 e. The summed E-state index contributed by atoms with van der Waals surface area (Å²) in [5.74, 6) is -0.441. The minimum Gasteiger partial charge on any atom is -0.484 e. The first-order valence-corrected chi connectivity index (χ1v) is 15.8. The first-order chi connectivity index (χ1) is 20.8. The zero-order chi connectivity index (χ0) is 30.7. The lowest BCUT2D eigenvalue weighted by Crippen LogP contribution is -2.45. The lowest BCUT2D eigenvalue weighted by atomic mass is 10.0. The van der Waals surface area contributed by atoms with Gasteiger partial charge in [0.25, 0.3) is 5.91 Å². The first kappa shape index (κ1) is 32.4. The molecule has 3 aromatic rings. The molecular formula is C31H36ClN3O7S. The molecule has 1 heterocycles. The van der Waals surface area contributed by atoms with Crippen molar-refractivity contribution in [3.8, 4) is 5.75 Å². The van der Waals surface area contributed by atoms with Crippen molar-refractivity contribution in [2.24, 2.45) is 0 Å². The van der Waals surface area contributed by atoms with Gasteiger partial charge in [-0.15, -0.1) is 0 Å². The summed E-state index contributed by atoms with van der Waals surface area (Å²) in [5.41, 5.74) is 1.43. The van der Waals surface area contributed by atoms with E-state index < -0.39 is 22.0 Å². The van der Waals surface area contributed by atoms with Gasteiger partial charge in [0.15, 0.2) is 6.61 Å². The van der Waals surface area contributed by atoms with Crippen LogP contribution in [0.1, 0.15) is 23.6 Å². The summed E-state index contributed by atoms with van der Waals surface area (Å²) in [5, 5.41) is 3.48. The Kier molecular flexibility index (Phi) is 11.9. The van der Waals surface area contributed by atoms with E-state index in [0.717, 1.165) is 5.56 Å². The molecule has 1 fully saturated rings. The molecule has 0 spiro atoms. The number of hydrogen-bond donors (Lipinski definition) is 1. The molecule has 0 aliphatic carbocycles. The zero-order valence-electron chi connectivity index (χ0n) is 24.0. The summed E-state index contributed by atoms with van der Waals surface area (Å²) in [6.07, 6.45) is 0.620. The number of morpholine rings is 1. The van der Waals surface area contributed by atoms with Crippen LogP contribution in [0.2, 0.25) is 5.02 Å². The van der Waals surface area contributed by atoms with Crippen LogP contribution in [-0.4, -0.2) is 82.6 Å². The fraction of sp³-hybridized carbons (Fsp3) is 0.355. The minimum absolute atomic E-state index is 0.126. The van der Waals surface area contributed by atoms with Gasteiger partial charge in [-0.1, -0.05) is 54.1 Å². The Hall–Kier alpha value is -3.48. The molecule has 1 saturated heterocycles. The Balaban J connectivity index is 1.54. The van der Waals surface area contributed by atoms with E-state index in [1.807, 2.05) is 18.2 Å². The highest BCUT2D eigenvalue weighted by atomic mass is 35.5. The Labute approximate surface area is 257 Å². The molecule has 0 bridgehead atoms. The molecule has 1 aliphatic heterocycles. The van der Waals surface area contributed by atoms with Gasteiger partial charge < -0.3 is 24.4 Å². The lowest BCUT2D eigenvalue weighted by molar-refractivity contribution is -0.143. The van der Waals surface area contributed by atoms with E-state index in [9.17, 15) is 18.0 Å². The second-order valence-corrected chi connectivity index (χ2v) is 12.2. The number of amides is 2. The molecule has 1 atom stereocenters. The van der Waals surface area contributed by atoms with E-state index in [2.05, 4.69) is 5.32 Å². The van der Waals surface area contributed by atoms with Gasteiger partial charge in [0.05, 0.1) is 18.1 Å². The monoisotopic (exact) mass is 629 g/mol. The van der Waals surface area contributed by atoms with Gasteiger partial charge in [0.1, 0.15) is 11.8 Å². The van der Waals surface area contributed by atoms with Crippen LogP contribution < -0.4 is 10.1 Å². The average molecular weight is 630 g/mol. The molecule has 0 saturated carbocycles. The average Bonchev–Trinajstić information content (AvgIpc) is 3.03. The highest BCUT2D eigenvalue weighted by Crippen LogP contribution is 2.26. The topological polar surface area (TPSA) is 114 Å². The SMILES string of the molecule is COCCCNC(=O)C(c1ccccc1)N(Cc1ccc(Cl)cc1)C(=O)COc1ccc(S(=O)(=O)N2CCOCC2)cc1. The maximum Gasteiger partial charge on any atom is 0.261 e. The molecule has 1 aliphatic rings. The van der Waals surface area contributed by atoms with Crippen LogP contribution in [0.25, 0.3) is 0 Å². The Bertz CT molecular complexity index is 1430. The van der Waals surface area contributed by atoms with Crippen LogP contribution in [0.4, 0.5) is 0 Å². The fourth-order valence-corrected chi connectivity index (χ4v) is 6.15. The Morgan fingerprint density at radius 2 is 1.67 bits per heavy atom. The highest BCUT2D eigenvalue weighted by Gasteiger charge is 2.32. The van der Waals surface area contributed by atoms with E-state index in [0.29, 0.717) is 62.2 Å². The molecule has 3 aromatic carbocycles. The van der Waals surface area contributed by atoms with Crippen LogP contribution in [-0.2, 0) is 35.6 Å². The molecule has 0 radical (unpaired) electrons. The maximum atomic E-state index is 13.8. The predicted molar refractivity (Wildman–Crippen MR) is 162 cm³/mol. The molecule has 12 heteroatoms. The first-order valence-electron chi connectivity index (χ1n) is 14.0. The standard InChI is InChI=1S/C31H36ClN3O7S/c1-40-19-5-16-33-31(37)30(25-6-3-2-4-7-25)35(22-24-8-10-26(32)11-9-24)29(36)23-42-27-12-14-28(15-13-27)43(38,39)34-17-20-41-21-18-34/h2-4,6-15,30H,5,16-23H2,1H3,(H,33,37). The molecule has 10 nitrogen and oxygen atoms in total. The molecule has 1 unspecified atom stereocenters. The number of carbonyl (C=O) groups excluding carboxylic acids is 2. The predicted octanol–water partition coefficient (Wildman–Crippen LogP) is 3.66. The highest BCUT2D eigenvalue weighted by molar-refractivity contribution is 7.89. The van der Waals surface area contributed by atoms with Crippen LogP contribution in [0, 0.1) is 0 Å². The maximum absolute atomic E-state index is 13.8. The van der Waals surface area contributed by atoms with Crippen molar-refractivity contribution in [2.45, 2.75) is 23.9 Å². The van der Waals surface area contributed by atoms with Gasteiger partial charge in [0, 0.05) is 44.9 Å². The third kappa shape index (κ3) is 9.01. The van der Waals surface area contributed by atoms with Crippen molar-refractivity contribution < 1.29 is 32.2 Å². The van der Waals surface area contributed by atoms with Gasteiger partial charge in [-0.25, -0.2) is 8.42 Å². The lowest BCUT2D eigenvalue weighted by Gasteiger charge is -2.31. The van der Waals surface area contributed by atoms with E-state index in [-0.39, 0.29) is 24.0 Å². The molecule has 230 valence electrons. The number of nitrogens with one attached hydrogen (secondary N) is 1. The van der Waals surface area contributed by atoms with Crippen LogP contribution in [0.3, 0.4) is 0 Å². The summed E-state index contributed by atoms with van der Waals surface area (Å²) >= 11 is 6.08. The van der Waals surface area contributed by atoms with Crippen molar-refractivity contribution in [3.05, 3.63) is 95.0 Å². The fourth-order valence-electron chi connectivity index (χ4n) is 4.61. The van der Waals surface area contributed by atoms with Gasteiger partial charge in [-0.05, 0) is 53.9 Å². The van der Waals surface area contributed by atoms with E-state index in [4.69, 9.17) is 25.8 Å². The van der Waals surface area contributed by atoms with Crippen LogP contribution >= 0.6 is 11.6 Å². The number of sulfonamides is 1. The second kappa shape index (κ2) is 15.8. The molecule has 2 amide bonds. The van der Waals surface area contributed by atoms with Crippen molar-refractivity contribution in [1.82, 2.24) is 14.5 Å². The largest absolute Gasteiger partial charge is 0.484 e. The third-order valence-electron chi connectivity index (χ3n) is 6.88. The minimum atomic E-state index is -3.66. The molecular weight excluding hydrogens is 594 g/mol. The number of rotatable bonds is 14. The summed E-state index contributed by atoms with van der Waals surface area (Å²) in [4.78, 5) is 28.9. The Morgan fingerprint density at radius 1 is 1.00 bits per heavy atom. The number of carbonyl (C=O) groups is 2. The Morgan fingerprint density at radius 3 is 2.33 bits per heavy atom. The van der Waals surface area contributed by atoms with Gasteiger partial charge >= 0.3 is 0 Å². The molecule has 43 heavy (non-hydrogen) atoms. The number of halogens is 1. The summed E-state index contributed by atoms with van der Waals surface area (Å²) in [6, 6.07) is 21.1. The van der Waals surface area contributed by atoms with Gasteiger partial charge in [-0.2, -0.15) is 4.31 Å². The summed E-state index contributed by atoms with van der Waals surface area (Å²) in [6.45, 7) is 1.92.